The van der Waals surface area contributed by atoms with Crippen molar-refractivity contribution in [1.82, 2.24) is 0 Å². The summed E-state index contributed by atoms with van der Waals surface area (Å²) in [6.07, 6.45) is 6.56. The lowest BCUT2D eigenvalue weighted by atomic mass is 11.9. The molecule has 0 bridgehead atoms. The van der Waals surface area contributed by atoms with Crippen molar-refractivity contribution in [3.8, 4) is 0 Å². The first-order valence-electron chi connectivity index (χ1n) is 2.17. The second-order valence-corrected chi connectivity index (χ2v) is 4.45. The van der Waals surface area contributed by atoms with Crippen LogP contribution in [0.1, 0.15) is 0 Å². The average molecular weight is 190 g/mol. The van der Waals surface area contributed by atoms with Crippen LogP contribution in [-0.2, 0) is 22.4 Å². The van der Waals surface area contributed by atoms with Gasteiger partial charge in [-0.05, 0) is 0 Å². The van der Waals surface area contributed by atoms with E-state index in [2.05, 4.69) is 0 Å². The monoisotopic (exact) mass is 190 g/mol. The summed E-state index contributed by atoms with van der Waals surface area (Å²) >= 11 is -1.22. The quantitative estimate of drug-likeness (QED) is 0.320. The predicted octanol–water partition coefficient (Wildman–Crippen LogP) is 0.00680. The van der Waals surface area contributed by atoms with Gasteiger partial charge in [-0.1, -0.05) is 22.4 Å². The van der Waals surface area contributed by atoms with E-state index in [1.165, 1.54) is 0 Å². The minimum absolute atomic E-state index is 0.611. The van der Waals surface area contributed by atoms with Gasteiger partial charge in [0.15, 0.2) is 0 Å². The van der Waals surface area contributed by atoms with E-state index in [1.807, 2.05) is 0 Å². The number of hydrogen-bond donors (Lipinski definition) is 2. The Bertz CT molecular complexity index is 30.7. The molecule has 0 unspecified atom stereocenters. The topological polar surface area (TPSA) is 86.6 Å². The third-order valence-corrected chi connectivity index (χ3v) is 0. The highest BCUT2D eigenvalue weighted by molar-refractivity contribution is 7.90. The molecule has 0 amide bonds. The fourth-order valence-corrected chi connectivity index (χ4v) is 0. The highest BCUT2D eigenvalue weighted by Crippen LogP contribution is 1.62. The molecule has 2 N–H and O–H groups in total. The summed E-state index contributed by atoms with van der Waals surface area (Å²) < 4.78 is 19.1. The summed E-state index contributed by atoms with van der Waals surface area (Å²) in [5.41, 5.74) is 0. The van der Waals surface area contributed by atoms with E-state index in [9.17, 15) is 9.11 Å². The van der Waals surface area contributed by atoms with Gasteiger partial charge in [0.2, 0.25) is 0 Å². The van der Waals surface area contributed by atoms with E-state index in [-0.39, 0.29) is 0 Å². The largest absolute Gasteiger partial charge is 0.617 e. The fraction of sp³-hybridized carbons (Fsp3) is 1.00. The Kier molecular flexibility index (Phi) is 27.4. The Morgan fingerprint density at radius 2 is 0.800 bits per heavy atom. The lowest BCUT2D eigenvalue weighted by Gasteiger charge is -1.87. The van der Waals surface area contributed by atoms with Crippen molar-refractivity contribution < 1.29 is 19.6 Å². The van der Waals surface area contributed by atoms with Gasteiger partial charge in [-0.15, -0.1) is 0 Å². The maximum absolute atomic E-state index is 9.56. The zero-order valence-corrected chi connectivity index (χ0v) is 8.16. The molecule has 10 heavy (non-hydrogen) atoms. The molecule has 66 valence electrons. The van der Waals surface area contributed by atoms with Crippen molar-refractivity contribution in [3.63, 3.8) is 0 Å². The Labute approximate surface area is 67.6 Å². The zero-order valence-electron chi connectivity index (χ0n) is 6.53. The molecule has 0 radical (unpaired) electrons. The van der Waals surface area contributed by atoms with Gasteiger partial charge in [-0.2, -0.15) is 0 Å². The summed E-state index contributed by atoms with van der Waals surface area (Å²) in [5.74, 6) is 0. The van der Waals surface area contributed by atoms with Crippen LogP contribution in [0.25, 0.3) is 0 Å². The van der Waals surface area contributed by atoms with Crippen LogP contribution in [0.2, 0.25) is 0 Å². The molecule has 0 rings (SSSR count). The second kappa shape index (κ2) is 16.3. The molecule has 4 nitrogen and oxygen atoms in total. The molecule has 0 heterocycles. The molecular formula is C4H14O4S2. The summed E-state index contributed by atoms with van der Waals surface area (Å²) in [4.78, 5) is 0. The predicted molar refractivity (Wildman–Crippen MR) is 45.2 cm³/mol. The van der Waals surface area contributed by atoms with E-state index in [1.54, 1.807) is 25.0 Å². The molecule has 0 aromatic heterocycles. The number of hydrogen-bond acceptors (Lipinski definition) is 4. The molecule has 0 spiro atoms. The van der Waals surface area contributed by atoms with Crippen molar-refractivity contribution >= 4 is 22.4 Å². The van der Waals surface area contributed by atoms with Crippen molar-refractivity contribution in [1.29, 1.82) is 0 Å². The van der Waals surface area contributed by atoms with Gasteiger partial charge in [0.1, 0.15) is 0 Å². The van der Waals surface area contributed by atoms with Gasteiger partial charge in [0.25, 0.3) is 0 Å². The third kappa shape index (κ3) is 1660. The third-order valence-electron chi connectivity index (χ3n) is 0. The van der Waals surface area contributed by atoms with E-state index < -0.39 is 22.4 Å². The minimum Gasteiger partial charge on any atom is -0.617 e. The van der Waals surface area contributed by atoms with E-state index in [0.717, 1.165) is 0 Å². The SMILES string of the molecule is C[S+](C)[O-].C[S+](C)[O-].OO. The molecule has 0 aromatic rings. The summed E-state index contributed by atoms with van der Waals surface area (Å²) in [6, 6.07) is 0. The Morgan fingerprint density at radius 1 is 0.800 bits per heavy atom. The standard InChI is InChI=1S/2C2H6OS.H2O2/c2*1-4(2)3;1-2/h2*1-2H3;1-2H. The summed E-state index contributed by atoms with van der Waals surface area (Å²) in [7, 11) is 0. The van der Waals surface area contributed by atoms with Crippen molar-refractivity contribution in [2.45, 2.75) is 0 Å². The van der Waals surface area contributed by atoms with Gasteiger partial charge >= 0.3 is 0 Å². The fourth-order valence-electron chi connectivity index (χ4n) is 0. The lowest BCUT2D eigenvalue weighted by Crippen LogP contribution is -1.86. The molecule has 0 atom stereocenters. The van der Waals surface area contributed by atoms with E-state index in [0.29, 0.717) is 0 Å². The van der Waals surface area contributed by atoms with Crippen LogP contribution in [0.4, 0.5) is 0 Å². The molecular weight excluding hydrogens is 176 g/mol. The van der Waals surface area contributed by atoms with Crippen LogP contribution < -0.4 is 0 Å². The van der Waals surface area contributed by atoms with Crippen molar-refractivity contribution in [2.24, 2.45) is 0 Å². The molecule has 0 saturated carbocycles. The first-order chi connectivity index (χ1) is 4.46. The van der Waals surface area contributed by atoms with Crippen LogP contribution in [0, 0.1) is 0 Å². The van der Waals surface area contributed by atoms with Crippen LogP contribution in [-0.4, -0.2) is 44.6 Å². The van der Waals surface area contributed by atoms with Gasteiger partial charge < -0.3 is 9.11 Å². The van der Waals surface area contributed by atoms with Crippen molar-refractivity contribution in [3.05, 3.63) is 0 Å². The maximum Gasteiger partial charge on any atom is 0.0946 e. The zero-order chi connectivity index (χ0) is 9.15. The van der Waals surface area contributed by atoms with Crippen LogP contribution in [0.3, 0.4) is 0 Å². The van der Waals surface area contributed by atoms with Gasteiger partial charge in [-0.25, -0.2) is 0 Å². The maximum atomic E-state index is 9.56. The second-order valence-electron chi connectivity index (χ2n) is 1.48. The van der Waals surface area contributed by atoms with Crippen LogP contribution in [0.5, 0.6) is 0 Å². The first-order valence-corrected chi connectivity index (χ1v) is 6.10. The average Bonchev–Trinajstić information content (AvgIpc) is 1.66. The smallest absolute Gasteiger partial charge is 0.0946 e. The Balaban J connectivity index is -0.0000000787. The van der Waals surface area contributed by atoms with Gasteiger partial charge in [-0.3, -0.25) is 10.5 Å². The highest BCUT2D eigenvalue weighted by atomic mass is 32.2. The Hall–Kier alpha value is 0.540. The van der Waals surface area contributed by atoms with E-state index >= 15 is 0 Å². The highest BCUT2D eigenvalue weighted by Gasteiger charge is 1.66. The van der Waals surface area contributed by atoms with Crippen molar-refractivity contribution in [2.75, 3.05) is 25.0 Å². The Morgan fingerprint density at radius 3 is 0.800 bits per heavy atom. The minimum atomic E-state index is -0.611. The summed E-state index contributed by atoms with van der Waals surface area (Å²) in [6.45, 7) is 0. The summed E-state index contributed by atoms with van der Waals surface area (Å²) in [5, 5.41) is 12.0. The lowest BCUT2D eigenvalue weighted by molar-refractivity contribution is -0.176. The number of rotatable bonds is 0. The van der Waals surface area contributed by atoms with Crippen LogP contribution >= 0.6 is 0 Å². The molecule has 0 saturated heterocycles. The molecule has 0 fully saturated rings. The molecule has 0 aliphatic heterocycles. The van der Waals surface area contributed by atoms with Gasteiger partial charge in [0, 0.05) is 0 Å². The molecule has 0 aromatic carbocycles. The molecule has 6 heteroatoms. The molecule has 0 aliphatic rings. The van der Waals surface area contributed by atoms with E-state index in [4.69, 9.17) is 10.5 Å². The normalized spacial score (nSPS) is 7.80. The van der Waals surface area contributed by atoms with Gasteiger partial charge in [0.05, 0.1) is 25.0 Å². The van der Waals surface area contributed by atoms with Crippen LogP contribution in [0.15, 0.2) is 0 Å². The first kappa shape index (κ1) is 16.9. The molecule has 0 aliphatic carbocycles.